The number of allylic oxidation sites excluding steroid dienone is 1. The van der Waals surface area contributed by atoms with Gasteiger partial charge in [0.05, 0.1) is 0 Å². The molecule has 0 aromatic carbocycles. The largest absolute Gasteiger partial charge is 0.486 e. The SMILES string of the molecule is CC(=O)O[C@H]1CC[C@@]2(C)C(CCC3C2CC(=O)[C@@]2(C)C3C[C@@H]3OC(C(=O)CC(C)CC(C)C)=C(C)C32)C1. The summed E-state index contributed by atoms with van der Waals surface area (Å²) in [6, 6.07) is 0. The highest BCUT2D eigenvalue weighted by atomic mass is 16.5. The van der Waals surface area contributed by atoms with Crippen molar-refractivity contribution in [2.75, 3.05) is 0 Å². The summed E-state index contributed by atoms with van der Waals surface area (Å²) in [5.41, 5.74) is 0.734. The molecule has 0 spiro atoms. The molecule has 0 amide bonds. The lowest BCUT2D eigenvalue weighted by Gasteiger charge is -2.60. The Hall–Kier alpha value is -1.65. The van der Waals surface area contributed by atoms with E-state index in [1.165, 1.54) is 6.92 Å². The summed E-state index contributed by atoms with van der Waals surface area (Å²) in [5, 5.41) is 0. The molecule has 0 radical (unpaired) electrons. The van der Waals surface area contributed by atoms with Crippen molar-refractivity contribution in [1.82, 2.24) is 0 Å². The number of carbonyl (C=O) groups is 3. The average molecular weight is 513 g/mol. The Morgan fingerprint density at radius 2 is 1.81 bits per heavy atom. The van der Waals surface area contributed by atoms with Gasteiger partial charge in [-0.15, -0.1) is 0 Å². The molecule has 4 aliphatic carbocycles. The van der Waals surface area contributed by atoms with Gasteiger partial charge in [-0.2, -0.15) is 0 Å². The maximum Gasteiger partial charge on any atom is 0.302 e. The first kappa shape index (κ1) is 26.9. The lowest BCUT2D eigenvalue weighted by molar-refractivity contribution is -0.165. The Morgan fingerprint density at radius 1 is 1.08 bits per heavy atom. The van der Waals surface area contributed by atoms with Gasteiger partial charge in [0.15, 0.2) is 11.5 Å². The number of ether oxygens (including phenoxy) is 2. The predicted molar refractivity (Wildman–Crippen MR) is 142 cm³/mol. The van der Waals surface area contributed by atoms with E-state index >= 15 is 0 Å². The van der Waals surface area contributed by atoms with Crippen molar-refractivity contribution < 1.29 is 23.9 Å². The summed E-state index contributed by atoms with van der Waals surface area (Å²) in [7, 11) is 0. The van der Waals surface area contributed by atoms with Crippen molar-refractivity contribution >= 4 is 17.5 Å². The summed E-state index contributed by atoms with van der Waals surface area (Å²) in [6.07, 6.45) is 8.26. The van der Waals surface area contributed by atoms with Crippen molar-refractivity contribution in [3.05, 3.63) is 11.3 Å². The fourth-order valence-corrected chi connectivity index (χ4v) is 10.1. The number of ketones is 2. The second kappa shape index (κ2) is 9.52. The number of hydrogen-bond acceptors (Lipinski definition) is 5. The molecule has 5 heteroatoms. The van der Waals surface area contributed by atoms with Crippen LogP contribution < -0.4 is 0 Å². The smallest absolute Gasteiger partial charge is 0.302 e. The molecular weight excluding hydrogens is 464 g/mol. The first-order valence-electron chi connectivity index (χ1n) is 15.0. The Morgan fingerprint density at radius 3 is 2.49 bits per heavy atom. The van der Waals surface area contributed by atoms with Gasteiger partial charge < -0.3 is 9.47 Å². The van der Waals surface area contributed by atoms with Gasteiger partial charge in [-0.25, -0.2) is 0 Å². The molecule has 10 atom stereocenters. The summed E-state index contributed by atoms with van der Waals surface area (Å²) in [6.45, 7) is 14.7. The lowest BCUT2D eigenvalue weighted by Crippen LogP contribution is -2.57. The van der Waals surface area contributed by atoms with Crippen LogP contribution in [-0.2, 0) is 23.9 Å². The molecule has 0 aromatic heterocycles. The predicted octanol–water partition coefficient (Wildman–Crippen LogP) is 6.68. The molecule has 1 aliphatic heterocycles. The van der Waals surface area contributed by atoms with E-state index in [2.05, 4.69) is 41.5 Å². The fraction of sp³-hybridized carbons (Fsp3) is 0.844. The van der Waals surface area contributed by atoms with Gasteiger partial charge in [-0.3, -0.25) is 14.4 Å². The van der Waals surface area contributed by atoms with Crippen LogP contribution >= 0.6 is 0 Å². The van der Waals surface area contributed by atoms with E-state index in [9.17, 15) is 14.4 Å². The molecule has 5 nitrogen and oxygen atoms in total. The van der Waals surface area contributed by atoms with Crippen molar-refractivity contribution in [2.45, 2.75) is 118 Å². The zero-order valence-corrected chi connectivity index (χ0v) is 24.1. The standard InChI is InChI=1S/C32H48O5/c1-17(2)12-18(3)13-26(34)30-19(4)29-27(37-30)15-25-23-9-8-21-14-22(36-20(5)33)10-11-31(21,6)24(23)16-28(35)32(25,29)7/h17-18,21-25,27,29H,8-16H2,1-7H3/t18?,21?,22-,23?,24?,25?,27-,29?,31-,32+/m0/s1. The molecule has 0 N–H and O–H groups in total. The quantitative estimate of drug-likeness (QED) is 0.371. The van der Waals surface area contributed by atoms with Crippen LogP contribution in [0.15, 0.2) is 11.3 Å². The van der Waals surface area contributed by atoms with E-state index in [1.54, 1.807) is 0 Å². The third-order valence-corrected chi connectivity index (χ3v) is 11.6. The van der Waals surface area contributed by atoms with Crippen LogP contribution in [0.25, 0.3) is 0 Å². The van der Waals surface area contributed by atoms with E-state index in [1.807, 2.05) is 0 Å². The topological polar surface area (TPSA) is 69.7 Å². The zero-order chi connectivity index (χ0) is 26.9. The van der Waals surface area contributed by atoms with Crippen LogP contribution in [0.5, 0.6) is 0 Å². The first-order chi connectivity index (χ1) is 17.4. The van der Waals surface area contributed by atoms with Crippen molar-refractivity contribution in [2.24, 2.45) is 52.3 Å². The number of rotatable bonds is 6. The molecule has 206 valence electrons. The molecule has 0 aromatic rings. The minimum atomic E-state index is -0.431. The van der Waals surface area contributed by atoms with E-state index in [0.29, 0.717) is 59.9 Å². The van der Waals surface area contributed by atoms with Crippen molar-refractivity contribution in [1.29, 1.82) is 0 Å². The van der Waals surface area contributed by atoms with Gasteiger partial charge in [-0.05, 0) is 98.4 Å². The normalized spacial score (nSPS) is 43.5. The highest BCUT2D eigenvalue weighted by Gasteiger charge is 2.68. The molecule has 0 bridgehead atoms. The van der Waals surface area contributed by atoms with Gasteiger partial charge in [-0.1, -0.05) is 34.6 Å². The van der Waals surface area contributed by atoms with Gasteiger partial charge in [0.25, 0.3) is 0 Å². The highest BCUT2D eigenvalue weighted by Crippen LogP contribution is 2.68. The molecule has 0 saturated heterocycles. The van der Waals surface area contributed by atoms with Crippen LogP contribution in [0, 0.1) is 52.3 Å². The number of hydrogen-bond donors (Lipinski definition) is 0. The van der Waals surface area contributed by atoms with Crippen LogP contribution in [0.3, 0.4) is 0 Å². The Kier molecular flexibility index (Phi) is 6.93. The van der Waals surface area contributed by atoms with E-state index in [4.69, 9.17) is 9.47 Å². The minimum Gasteiger partial charge on any atom is -0.486 e. The molecule has 5 aliphatic rings. The zero-order valence-electron chi connectivity index (χ0n) is 24.1. The van der Waals surface area contributed by atoms with Gasteiger partial charge in [0, 0.05) is 31.1 Å². The first-order valence-corrected chi connectivity index (χ1v) is 15.0. The van der Waals surface area contributed by atoms with Crippen molar-refractivity contribution in [3.63, 3.8) is 0 Å². The Bertz CT molecular complexity index is 995. The fourth-order valence-electron chi connectivity index (χ4n) is 10.1. The van der Waals surface area contributed by atoms with Crippen molar-refractivity contribution in [3.8, 4) is 0 Å². The molecule has 5 rings (SSSR count). The number of Topliss-reactive ketones (excluding diaryl/α,β-unsaturated/α-hetero) is 2. The average Bonchev–Trinajstić information content (AvgIpc) is 3.29. The van der Waals surface area contributed by atoms with Crippen LogP contribution in [0.2, 0.25) is 0 Å². The second-order valence-electron chi connectivity index (χ2n) is 14.3. The van der Waals surface area contributed by atoms with E-state index < -0.39 is 5.41 Å². The monoisotopic (exact) mass is 512 g/mol. The Labute approximate surface area is 223 Å². The maximum atomic E-state index is 14.1. The van der Waals surface area contributed by atoms with Crippen LogP contribution in [-0.4, -0.2) is 29.7 Å². The van der Waals surface area contributed by atoms with Crippen LogP contribution in [0.4, 0.5) is 0 Å². The second-order valence-corrected chi connectivity index (χ2v) is 14.3. The molecule has 6 unspecified atom stereocenters. The molecule has 4 fully saturated rings. The Balaban J connectivity index is 1.35. The highest BCUT2D eigenvalue weighted by molar-refractivity contribution is 5.95. The van der Waals surface area contributed by atoms with E-state index in [-0.39, 0.29) is 35.3 Å². The number of esters is 1. The van der Waals surface area contributed by atoms with E-state index in [0.717, 1.165) is 50.5 Å². The maximum absolute atomic E-state index is 14.1. The minimum absolute atomic E-state index is 0.0305. The third kappa shape index (κ3) is 4.31. The summed E-state index contributed by atoms with van der Waals surface area (Å²) in [5.74, 6) is 3.61. The summed E-state index contributed by atoms with van der Waals surface area (Å²) < 4.78 is 12.1. The molecular formula is C32H48O5. The molecule has 4 saturated carbocycles. The molecule has 1 heterocycles. The number of carbonyl (C=O) groups excluding carboxylic acids is 3. The summed E-state index contributed by atoms with van der Waals surface area (Å²) in [4.78, 5) is 38.9. The number of fused-ring (bicyclic) bond motifs is 7. The lowest BCUT2D eigenvalue weighted by atomic mass is 9.44. The van der Waals surface area contributed by atoms with Gasteiger partial charge in [0.2, 0.25) is 0 Å². The third-order valence-electron chi connectivity index (χ3n) is 11.6. The summed E-state index contributed by atoms with van der Waals surface area (Å²) >= 11 is 0. The molecule has 37 heavy (non-hydrogen) atoms. The van der Waals surface area contributed by atoms with Gasteiger partial charge >= 0.3 is 5.97 Å². The van der Waals surface area contributed by atoms with Gasteiger partial charge in [0.1, 0.15) is 18.0 Å². The van der Waals surface area contributed by atoms with Crippen LogP contribution in [0.1, 0.15) is 106 Å².